The van der Waals surface area contributed by atoms with E-state index in [1.165, 1.54) is 0 Å². The van der Waals surface area contributed by atoms with E-state index in [4.69, 9.17) is 16.0 Å². The van der Waals surface area contributed by atoms with Crippen LogP contribution in [-0.2, 0) is 6.54 Å². The lowest BCUT2D eigenvalue weighted by Gasteiger charge is -2.06. The number of furan rings is 1. The summed E-state index contributed by atoms with van der Waals surface area (Å²) in [4.78, 5) is 4.02. The Kier molecular flexibility index (Phi) is 4.10. The van der Waals surface area contributed by atoms with Gasteiger partial charge in [-0.15, -0.1) is 0 Å². The number of hydrogen-bond donors (Lipinski definition) is 1. The molecule has 0 amide bonds. The van der Waals surface area contributed by atoms with Crippen molar-refractivity contribution in [2.75, 3.05) is 5.32 Å². The summed E-state index contributed by atoms with van der Waals surface area (Å²) in [5.74, 6) is 0.862. The van der Waals surface area contributed by atoms with E-state index in [1.807, 2.05) is 18.2 Å². The third-order valence-corrected chi connectivity index (χ3v) is 3.20. The van der Waals surface area contributed by atoms with Crippen LogP contribution in [0.5, 0.6) is 0 Å². The van der Waals surface area contributed by atoms with Crippen molar-refractivity contribution in [2.45, 2.75) is 6.54 Å². The minimum absolute atomic E-state index is 0.449. The van der Waals surface area contributed by atoms with Crippen molar-refractivity contribution in [3.05, 3.63) is 43.5 Å². The van der Waals surface area contributed by atoms with Gasteiger partial charge in [0.1, 0.15) is 5.76 Å². The van der Waals surface area contributed by atoms with Gasteiger partial charge >= 0.3 is 0 Å². The molecule has 0 radical (unpaired) electrons. The Morgan fingerprint density at radius 2 is 2.31 bits per heavy atom. The minimum atomic E-state index is 0.449. The van der Waals surface area contributed by atoms with Crippen molar-refractivity contribution >= 4 is 55.8 Å². The van der Waals surface area contributed by atoms with Crippen molar-refractivity contribution in [3.63, 3.8) is 0 Å². The van der Waals surface area contributed by atoms with E-state index in [0.29, 0.717) is 11.7 Å². The molecule has 1 N–H and O–H groups in total. The fourth-order valence-corrected chi connectivity index (χ4v) is 2.14. The molecule has 0 spiro atoms. The first-order valence-corrected chi connectivity index (χ1v) is 6.69. The molecule has 0 aliphatic rings. The molecule has 2 heterocycles. The lowest BCUT2D eigenvalue weighted by atomic mass is 10.4. The smallest absolute Gasteiger partial charge is 0.164 e. The second-order valence-corrected chi connectivity index (χ2v) is 5.39. The Morgan fingerprint density at radius 1 is 1.50 bits per heavy atom. The zero-order valence-electron chi connectivity index (χ0n) is 8.01. The van der Waals surface area contributed by atoms with Crippen LogP contribution in [0.4, 0.5) is 5.69 Å². The third kappa shape index (κ3) is 3.11. The van der Waals surface area contributed by atoms with E-state index in [0.717, 1.165) is 19.7 Å². The number of aromatic nitrogens is 1. The van der Waals surface area contributed by atoms with Crippen molar-refractivity contribution < 1.29 is 4.42 Å². The van der Waals surface area contributed by atoms with Gasteiger partial charge in [0.15, 0.2) is 8.92 Å². The summed E-state index contributed by atoms with van der Waals surface area (Å²) in [6, 6.07) is 5.72. The van der Waals surface area contributed by atoms with E-state index in [-0.39, 0.29) is 0 Å². The van der Waals surface area contributed by atoms with E-state index in [1.54, 1.807) is 6.20 Å². The van der Waals surface area contributed by atoms with Crippen LogP contribution in [-0.4, -0.2) is 4.98 Å². The first-order valence-electron chi connectivity index (χ1n) is 4.44. The molecule has 2 aromatic heterocycles. The van der Waals surface area contributed by atoms with E-state index >= 15 is 0 Å². The molecular formula is C10H7BrClIN2O. The summed E-state index contributed by atoms with van der Waals surface area (Å²) >= 11 is 11.4. The molecule has 0 aliphatic carbocycles. The number of nitrogens with one attached hydrogen (secondary N) is 1. The Hall–Kier alpha value is -0.270. The van der Waals surface area contributed by atoms with Crippen LogP contribution in [0.2, 0.25) is 5.15 Å². The van der Waals surface area contributed by atoms with Crippen LogP contribution >= 0.6 is 50.1 Å². The van der Waals surface area contributed by atoms with Crippen molar-refractivity contribution in [3.8, 4) is 0 Å². The molecule has 0 atom stereocenters. The molecule has 0 saturated heterocycles. The largest absolute Gasteiger partial charge is 0.454 e. The number of rotatable bonds is 3. The van der Waals surface area contributed by atoms with Crippen molar-refractivity contribution in [2.24, 2.45) is 0 Å². The van der Waals surface area contributed by atoms with Gasteiger partial charge in [0.05, 0.1) is 12.2 Å². The molecule has 16 heavy (non-hydrogen) atoms. The first kappa shape index (κ1) is 12.2. The summed E-state index contributed by atoms with van der Waals surface area (Å²) in [6.45, 7) is 0.584. The topological polar surface area (TPSA) is 38.1 Å². The fourth-order valence-electron chi connectivity index (χ4n) is 1.18. The maximum atomic E-state index is 5.94. The molecule has 0 saturated carbocycles. The SMILES string of the molecule is Clc1ncc(Br)cc1NCc1ccc(I)o1. The molecule has 2 aromatic rings. The molecule has 2 rings (SSSR count). The number of pyridine rings is 1. The Labute approximate surface area is 120 Å². The normalized spacial score (nSPS) is 10.4. The minimum Gasteiger partial charge on any atom is -0.454 e. The predicted molar refractivity (Wildman–Crippen MR) is 75.7 cm³/mol. The zero-order chi connectivity index (χ0) is 11.5. The molecule has 0 fully saturated rings. The first-order chi connectivity index (χ1) is 7.65. The monoisotopic (exact) mass is 412 g/mol. The highest BCUT2D eigenvalue weighted by molar-refractivity contribution is 14.1. The summed E-state index contributed by atoms with van der Waals surface area (Å²) in [6.07, 6.45) is 1.66. The number of nitrogens with zero attached hydrogens (tertiary/aromatic N) is 1. The van der Waals surface area contributed by atoms with Gasteiger partial charge in [-0.25, -0.2) is 4.98 Å². The van der Waals surface area contributed by atoms with Gasteiger partial charge in [0, 0.05) is 10.7 Å². The molecule has 0 unspecified atom stereocenters. The standard InChI is InChI=1S/C10H7BrClIN2O/c11-6-3-8(10(12)15-4-6)14-5-7-1-2-9(13)16-7/h1-4,14H,5H2. The van der Waals surface area contributed by atoms with E-state index < -0.39 is 0 Å². The number of anilines is 1. The van der Waals surface area contributed by atoms with Gasteiger partial charge < -0.3 is 9.73 Å². The predicted octanol–water partition coefficient (Wildman–Crippen LogP) is 4.31. The summed E-state index contributed by atoms with van der Waals surface area (Å²) in [5.41, 5.74) is 0.780. The maximum Gasteiger partial charge on any atom is 0.164 e. The zero-order valence-corrected chi connectivity index (χ0v) is 12.5. The van der Waals surface area contributed by atoms with E-state index in [2.05, 4.69) is 48.8 Å². The number of hydrogen-bond acceptors (Lipinski definition) is 3. The average Bonchev–Trinajstić information content (AvgIpc) is 2.66. The Morgan fingerprint density at radius 3 is 3.00 bits per heavy atom. The van der Waals surface area contributed by atoms with Crippen LogP contribution in [0.15, 0.2) is 33.3 Å². The summed E-state index contributed by atoms with van der Waals surface area (Å²) in [5, 5.41) is 3.61. The number of halogens is 3. The second kappa shape index (κ2) is 5.37. The van der Waals surface area contributed by atoms with Gasteiger partial charge in [0.2, 0.25) is 0 Å². The van der Waals surface area contributed by atoms with Crippen molar-refractivity contribution in [1.29, 1.82) is 0 Å². The van der Waals surface area contributed by atoms with Crippen LogP contribution in [0, 0.1) is 3.77 Å². The molecule has 6 heteroatoms. The van der Waals surface area contributed by atoms with Crippen molar-refractivity contribution in [1.82, 2.24) is 4.98 Å². The fraction of sp³-hybridized carbons (Fsp3) is 0.100. The summed E-state index contributed by atoms with van der Waals surface area (Å²) in [7, 11) is 0. The lowest BCUT2D eigenvalue weighted by Crippen LogP contribution is -1.99. The molecular weight excluding hydrogens is 406 g/mol. The van der Waals surface area contributed by atoms with E-state index in [9.17, 15) is 0 Å². The van der Waals surface area contributed by atoms with Gasteiger partial charge in [-0.3, -0.25) is 0 Å². The van der Waals surface area contributed by atoms with Crippen LogP contribution in [0.25, 0.3) is 0 Å². The third-order valence-electron chi connectivity index (χ3n) is 1.89. The molecule has 0 aliphatic heterocycles. The van der Waals surface area contributed by atoms with Gasteiger partial charge in [-0.2, -0.15) is 0 Å². The van der Waals surface area contributed by atoms with Gasteiger partial charge in [-0.1, -0.05) is 11.6 Å². The highest BCUT2D eigenvalue weighted by Crippen LogP contribution is 2.23. The van der Waals surface area contributed by atoms with Crippen LogP contribution in [0.1, 0.15) is 5.76 Å². The lowest BCUT2D eigenvalue weighted by molar-refractivity contribution is 0.493. The van der Waals surface area contributed by atoms with Gasteiger partial charge in [-0.05, 0) is 56.7 Å². The molecule has 0 bridgehead atoms. The second-order valence-electron chi connectivity index (χ2n) is 3.05. The van der Waals surface area contributed by atoms with Crippen LogP contribution in [0.3, 0.4) is 0 Å². The Bertz CT molecular complexity index is 503. The summed E-state index contributed by atoms with van der Waals surface area (Å²) < 4.78 is 7.18. The molecule has 0 aromatic carbocycles. The highest BCUT2D eigenvalue weighted by atomic mass is 127. The van der Waals surface area contributed by atoms with Gasteiger partial charge in [0.25, 0.3) is 0 Å². The maximum absolute atomic E-state index is 5.94. The molecule has 3 nitrogen and oxygen atoms in total. The quantitative estimate of drug-likeness (QED) is 0.602. The Balaban J connectivity index is 2.07. The average molecular weight is 413 g/mol. The highest BCUT2D eigenvalue weighted by Gasteiger charge is 2.04. The molecule has 84 valence electrons. The van der Waals surface area contributed by atoms with Crippen LogP contribution < -0.4 is 5.32 Å².